The molecular weight excluding hydrogens is 364 g/mol. The average molecular weight is 384 g/mol. The Bertz CT molecular complexity index is 1060. The minimum atomic E-state index is -3.76. The minimum Gasteiger partial charge on any atom is -0.348 e. The summed E-state index contributed by atoms with van der Waals surface area (Å²) in [6.45, 7) is 0. The lowest BCUT2D eigenvalue weighted by Gasteiger charge is -2.09. The minimum absolute atomic E-state index is 0.0303. The quantitative estimate of drug-likeness (QED) is 0.725. The van der Waals surface area contributed by atoms with Crippen molar-refractivity contribution in [1.29, 1.82) is 0 Å². The first kappa shape index (κ1) is 18.8. The molecule has 0 saturated carbocycles. The van der Waals surface area contributed by atoms with Gasteiger partial charge in [0.2, 0.25) is 15.9 Å². The van der Waals surface area contributed by atoms with Crippen molar-refractivity contribution in [2.75, 3.05) is 14.1 Å². The van der Waals surface area contributed by atoms with Crippen molar-refractivity contribution in [1.82, 2.24) is 14.7 Å². The zero-order chi connectivity index (χ0) is 19.6. The zero-order valence-corrected chi connectivity index (χ0v) is 15.8. The molecule has 2 aromatic carbocycles. The fourth-order valence-electron chi connectivity index (χ4n) is 2.62. The first-order chi connectivity index (χ1) is 12.8. The fraction of sp³-hybridized carbons (Fsp3) is 0.158. The lowest BCUT2D eigenvalue weighted by molar-refractivity contribution is -0.128. The molecule has 0 aliphatic heterocycles. The summed E-state index contributed by atoms with van der Waals surface area (Å²) in [5.41, 5.74) is 3.04. The van der Waals surface area contributed by atoms with Crippen LogP contribution >= 0.6 is 0 Å². The van der Waals surface area contributed by atoms with Gasteiger partial charge >= 0.3 is 0 Å². The Morgan fingerprint density at radius 3 is 2.26 bits per heavy atom. The Labute approximate surface area is 158 Å². The monoisotopic (exact) mass is 384 g/mol. The molecule has 0 radical (unpaired) electrons. The summed E-state index contributed by atoms with van der Waals surface area (Å²) in [7, 11) is -0.368. The largest absolute Gasteiger partial charge is 0.348 e. The number of rotatable bonds is 5. The van der Waals surface area contributed by atoms with Gasteiger partial charge in [0.1, 0.15) is 0 Å². The van der Waals surface area contributed by atoms with E-state index < -0.39 is 10.0 Å². The number of hydrogen-bond donors (Lipinski definition) is 1. The van der Waals surface area contributed by atoms with Gasteiger partial charge in [-0.25, -0.2) is 18.2 Å². The van der Waals surface area contributed by atoms with Gasteiger partial charge in [-0.15, -0.1) is 0 Å². The molecule has 140 valence electrons. The van der Waals surface area contributed by atoms with Gasteiger partial charge in [-0.05, 0) is 30.3 Å². The number of nitrogens with zero attached hydrogens (tertiary/aromatic N) is 3. The smallest absolute Gasteiger partial charge is 0.238 e. The van der Waals surface area contributed by atoms with E-state index in [4.69, 9.17) is 5.14 Å². The molecule has 0 saturated heterocycles. The van der Waals surface area contributed by atoms with Gasteiger partial charge in [0.15, 0.2) is 0 Å². The van der Waals surface area contributed by atoms with Gasteiger partial charge in [-0.2, -0.15) is 5.10 Å². The van der Waals surface area contributed by atoms with E-state index in [9.17, 15) is 13.2 Å². The molecule has 3 rings (SSSR count). The molecule has 0 fully saturated rings. The first-order valence-corrected chi connectivity index (χ1v) is 9.78. The Morgan fingerprint density at radius 1 is 1.07 bits per heavy atom. The Balaban J connectivity index is 2.07. The summed E-state index contributed by atoms with van der Waals surface area (Å²) in [6, 6.07) is 17.7. The highest BCUT2D eigenvalue weighted by atomic mass is 32.2. The molecule has 0 unspecified atom stereocenters. The van der Waals surface area contributed by atoms with Crippen LogP contribution in [0.1, 0.15) is 5.69 Å². The maximum atomic E-state index is 12.1. The molecule has 2 N–H and O–H groups in total. The first-order valence-electron chi connectivity index (χ1n) is 8.23. The average Bonchev–Trinajstić information content (AvgIpc) is 3.05. The van der Waals surface area contributed by atoms with Gasteiger partial charge in [0.05, 0.1) is 28.4 Å². The summed E-state index contributed by atoms with van der Waals surface area (Å²) in [5, 5.41) is 9.72. The fourth-order valence-corrected chi connectivity index (χ4v) is 3.13. The summed E-state index contributed by atoms with van der Waals surface area (Å²) >= 11 is 0. The van der Waals surface area contributed by atoms with Crippen molar-refractivity contribution >= 4 is 15.9 Å². The second-order valence-corrected chi connectivity index (χ2v) is 7.86. The van der Waals surface area contributed by atoms with Gasteiger partial charge in [-0.3, -0.25) is 4.79 Å². The molecule has 1 amide bonds. The highest BCUT2D eigenvalue weighted by molar-refractivity contribution is 7.89. The van der Waals surface area contributed by atoms with E-state index in [2.05, 4.69) is 5.10 Å². The molecule has 0 aliphatic carbocycles. The van der Waals surface area contributed by atoms with E-state index >= 15 is 0 Å². The van der Waals surface area contributed by atoms with Crippen LogP contribution in [0.3, 0.4) is 0 Å². The van der Waals surface area contributed by atoms with Crippen LogP contribution in [-0.4, -0.2) is 43.1 Å². The van der Waals surface area contributed by atoms with Gasteiger partial charge in [0, 0.05) is 19.7 Å². The topological polar surface area (TPSA) is 98.3 Å². The van der Waals surface area contributed by atoms with E-state index in [0.29, 0.717) is 11.4 Å². The molecule has 8 heteroatoms. The number of nitrogens with two attached hydrogens (primary N) is 1. The lowest BCUT2D eigenvalue weighted by Crippen LogP contribution is -2.23. The predicted octanol–water partition coefficient (Wildman–Crippen LogP) is 1.82. The van der Waals surface area contributed by atoms with Crippen LogP contribution in [0, 0.1) is 0 Å². The molecule has 0 spiro atoms. The number of amides is 1. The van der Waals surface area contributed by atoms with Crippen molar-refractivity contribution in [2.24, 2.45) is 5.14 Å². The van der Waals surface area contributed by atoms with Crippen LogP contribution in [0.25, 0.3) is 16.9 Å². The molecule has 1 aromatic heterocycles. The number of aromatic nitrogens is 2. The molecule has 27 heavy (non-hydrogen) atoms. The summed E-state index contributed by atoms with van der Waals surface area (Å²) in [6.07, 6.45) is 0.176. The number of benzene rings is 2. The van der Waals surface area contributed by atoms with Crippen LogP contribution in [0.4, 0.5) is 0 Å². The van der Waals surface area contributed by atoms with E-state index in [-0.39, 0.29) is 17.2 Å². The number of sulfonamides is 1. The van der Waals surface area contributed by atoms with Crippen molar-refractivity contribution < 1.29 is 13.2 Å². The van der Waals surface area contributed by atoms with Gasteiger partial charge in [-0.1, -0.05) is 30.3 Å². The zero-order valence-electron chi connectivity index (χ0n) is 15.0. The summed E-state index contributed by atoms with van der Waals surface area (Å²) < 4.78 is 24.6. The maximum Gasteiger partial charge on any atom is 0.238 e. The highest BCUT2D eigenvalue weighted by Gasteiger charge is 2.16. The molecule has 0 bridgehead atoms. The lowest BCUT2D eigenvalue weighted by atomic mass is 10.1. The van der Waals surface area contributed by atoms with Gasteiger partial charge < -0.3 is 4.90 Å². The number of carbonyl (C=O) groups excluding carboxylic acids is 1. The van der Waals surface area contributed by atoms with Crippen LogP contribution in [0.5, 0.6) is 0 Å². The number of likely N-dealkylation sites (N-methyl/N-ethyl adjacent to an activating group) is 1. The predicted molar refractivity (Wildman–Crippen MR) is 103 cm³/mol. The molecule has 0 atom stereocenters. The maximum absolute atomic E-state index is 12.1. The normalized spacial score (nSPS) is 11.4. The van der Waals surface area contributed by atoms with Crippen molar-refractivity contribution in [3.05, 3.63) is 66.4 Å². The highest BCUT2D eigenvalue weighted by Crippen LogP contribution is 2.25. The summed E-state index contributed by atoms with van der Waals surface area (Å²) in [5.74, 6) is -0.0520. The van der Waals surface area contributed by atoms with E-state index in [0.717, 1.165) is 11.3 Å². The van der Waals surface area contributed by atoms with Crippen LogP contribution < -0.4 is 5.14 Å². The summed E-state index contributed by atoms with van der Waals surface area (Å²) in [4.78, 5) is 13.6. The van der Waals surface area contributed by atoms with E-state index in [1.807, 2.05) is 36.4 Å². The SMILES string of the molecule is CN(C)C(=O)Cc1cc(-c2ccccc2)n(-c2ccc(S(N)(=O)=O)cc2)n1. The third-order valence-electron chi connectivity index (χ3n) is 4.07. The second kappa shape index (κ2) is 7.34. The standard InChI is InChI=1S/C19H20N4O3S/c1-22(2)19(24)13-15-12-18(14-6-4-3-5-7-14)23(21-15)16-8-10-17(11-9-16)27(20,25)26/h3-12H,13H2,1-2H3,(H2,20,25,26). The van der Waals surface area contributed by atoms with Crippen molar-refractivity contribution in [3.63, 3.8) is 0 Å². The van der Waals surface area contributed by atoms with Crippen molar-refractivity contribution in [2.45, 2.75) is 11.3 Å². The Morgan fingerprint density at radius 2 is 1.70 bits per heavy atom. The van der Waals surface area contributed by atoms with Gasteiger partial charge in [0.25, 0.3) is 0 Å². The van der Waals surface area contributed by atoms with Crippen LogP contribution in [0.15, 0.2) is 65.6 Å². The number of hydrogen-bond acceptors (Lipinski definition) is 4. The molecule has 7 nitrogen and oxygen atoms in total. The van der Waals surface area contributed by atoms with E-state index in [1.165, 1.54) is 17.0 Å². The molecule has 1 heterocycles. The van der Waals surface area contributed by atoms with Crippen LogP contribution in [0.2, 0.25) is 0 Å². The number of primary sulfonamides is 1. The number of carbonyl (C=O) groups is 1. The van der Waals surface area contributed by atoms with Crippen LogP contribution in [-0.2, 0) is 21.2 Å². The Kier molecular flexibility index (Phi) is 5.11. The van der Waals surface area contributed by atoms with E-state index in [1.54, 1.807) is 30.9 Å². The third-order valence-corrected chi connectivity index (χ3v) is 5.00. The second-order valence-electron chi connectivity index (χ2n) is 6.30. The Hall–Kier alpha value is -2.97. The third kappa shape index (κ3) is 4.24. The molecule has 3 aromatic rings. The van der Waals surface area contributed by atoms with Crippen molar-refractivity contribution in [3.8, 4) is 16.9 Å². The molecular formula is C19H20N4O3S. The molecule has 0 aliphatic rings.